The molecule has 1 amide bonds. The number of ether oxygens (including phenoxy) is 1. The van der Waals surface area contributed by atoms with Gasteiger partial charge < -0.3 is 14.1 Å². The molecule has 5 nitrogen and oxygen atoms in total. The maximum Gasteiger partial charge on any atom is 0.417 e. The number of hydrogen-bond donors (Lipinski definition) is 0. The van der Waals surface area contributed by atoms with Crippen LogP contribution >= 0.6 is 0 Å². The first kappa shape index (κ1) is 18.1. The fourth-order valence-corrected chi connectivity index (χ4v) is 3.29. The molecule has 1 aliphatic rings. The van der Waals surface area contributed by atoms with Gasteiger partial charge >= 0.3 is 11.8 Å². The van der Waals surface area contributed by atoms with E-state index in [-0.39, 0.29) is 29.2 Å². The Morgan fingerprint density at radius 1 is 1.14 bits per heavy atom. The van der Waals surface area contributed by atoms with E-state index in [1.807, 2.05) is 24.3 Å². The number of benzene rings is 2. The summed E-state index contributed by atoms with van der Waals surface area (Å²) in [7, 11) is 0. The first-order valence-corrected chi connectivity index (χ1v) is 8.49. The summed E-state index contributed by atoms with van der Waals surface area (Å²) in [5.41, 5.74) is -0.536. The van der Waals surface area contributed by atoms with Crippen LogP contribution in [0.25, 0.3) is 11.0 Å². The van der Waals surface area contributed by atoms with Crippen LogP contribution < -0.4 is 15.3 Å². The molecule has 0 spiro atoms. The Morgan fingerprint density at radius 2 is 1.93 bits per heavy atom. The van der Waals surface area contributed by atoms with Crippen LogP contribution in [-0.2, 0) is 17.4 Å². The number of carbonyl (C=O) groups excluding carboxylic acids is 1. The van der Waals surface area contributed by atoms with Gasteiger partial charge in [-0.25, -0.2) is 4.79 Å². The normalized spacial score (nSPS) is 13.6. The molecule has 0 bridgehead atoms. The van der Waals surface area contributed by atoms with Gasteiger partial charge in [-0.15, -0.1) is 0 Å². The molecule has 144 valence electrons. The van der Waals surface area contributed by atoms with Gasteiger partial charge in [0.1, 0.15) is 11.3 Å². The summed E-state index contributed by atoms with van der Waals surface area (Å²) in [4.78, 5) is 25.5. The minimum atomic E-state index is -4.68. The summed E-state index contributed by atoms with van der Waals surface area (Å²) in [5, 5.41) is -0.251. The Labute approximate surface area is 156 Å². The molecular formula is C20H14F3NO4. The van der Waals surface area contributed by atoms with E-state index in [2.05, 4.69) is 0 Å². The van der Waals surface area contributed by atoms with Crippen LogP contribution in [0.3, 0.4) is 0 Å². The highest BCUT2D eigenvalue weighted by Crippen LogP contribution is 2.35. The second kappa shape index (κ2) is 6.70. The Hall–Kier alpha value is -3.29. The van der Waals surface area contributed by atoms with Gasteiger partial charge in [0, 0.05) is 29.8 Å². The van der Waals surface area contributed by atoms with Crippen molar-refractivity contribution in [1.29, 1.82) is 0 Å². The standard InChI is InChI=1S/C20H14F3NO4/c21-20(22,23)15-10-19(26)28-17-9-13(5-6-14(15)17)27-11-18(25)24-8-7-12-3-1-2-4-16(12)24/h1-6,9-10H,7-8,11H2. The largest absolute Gasteiger partial charge is 0.484 e. The van der Waals surface area contributed by atoms with Crippen molar-refractivity contribution < 1.29 is 27.1 Å². The number of anilines is 1. The van der Waals surface area contributed by atoms with Gasteiger partial charge in [-0.1, -0.05) is 18.2 Å². The summed E-state index contributed by atoms with van der Waals surface area (Å²) in [6.07, 6.45) is -3.93. The topological polar surface area (TPSA) is 59.8 Å². The number of para-hydroxylation sites is 1. The highest BCUT2D eigenvalue weighted by atomic mass is 19.4. The van der Waals surface area contributed by atoms with E-state index in [0.29, 0.717) is 12.6 Å². The third-order valence-corrected chi connectivity index (χ3v) is 4.57. The third kappa shape index (κ3) is 3.33. The lowest BCUT2D eigenvalue weighted by molar-refractivity contribution is -0.136. The molecule has 0 atom stereocenters. The number of halogens is 3. The molecule has 28 heavy (non-hydrogen) atoms. The Kier molecular flexibility index (Phi) is 4.33. The molecule has 1 aliphatic heterocycles. The van der Waals surface area contributed by atoms with Gasteiger partial charge in [-0.05, 0) is 30.2 Å². The Morgan fingerprint density at radius 3 is 2.71 bits per heavy atom. The predicted molar refractivity (Wildman–Crippen MR) is 95.5 cm³/mol. The summed E-state index contributed by atoms with van der Waals surface area (Å²) >= 11 is 0. The van der Waals surface area contributed by atoms with Gasteiger partial charge in [0.25, 0.3) is 5.91 Å². The van der Waals surface area contributed by atoms with Crippen LogP contribution in [0.2, 0.25) is 0 Å². The summed E-state index contributed by atoms with van der Waals surface area (Å²) in [6, 6.07) is 11.6. The smallest absolute Gasteiger partial charge is 0.417 e. The molecule has 0 radical (unpaired) electrons. The zero-order valence-corrected chi connectivity index (χ0v) is 14.5. The summed E-state index contributed by atoms with van der Waals surface area (Å²) in [5.74, 6) is -0.133. The third-order valence-electron chi connectivity index (χ3n) is 4.57. The minimum absolute atomic E-state index is 0.135. The number of fused-ring (bicyclic) bond motifs is 2. The highest BCUT2D eigenvalue weighted by Gasteiger charge is 2.34. The van der Waals surface area contributed by atoms with E-state index < -0.39 is 17.4 Å². The number of rotatable bonds is 3. The molecule has 0 saturated heterocycles. The van der Waals surface area contributed by atoms with E-state index in [4.69, 9.17) is 9.15 Å². The molecule has 1 aromatic heterocycles. The fourth-order valence-electron chi connectivity index (χ4n) is 3.29. The number of nitrogens with zero attached hydrogens (tertiary/aromatic N) is 1. The van der Waals surface area contributed by atoms with Crippen LogP contribution in [-0.4, -0.2) is 19.1 Å². The predicted octanol–water partition coefficient (Wildman–Crippen LogP) is 3.78. The van der Waals surface area contributed by atoms with Crippen LogP contribution in [0.15, 0.2) is 57.7 Å². The second-order valence-corrected chi connectivity index (χ2v) is 6.35. The first-order valence-electron chi connectivity index (χ1n) is 8.49. The van der Waals surface area contributed by atoms with Crippen molar-refractivity contribution in [3.05, 3.63) is 70.1 Å². The fraction of sp³-hybridized carbons (Fsp3) is 0.200. The van der Waals surface area contributed by atoms with Gasteiger partial charge in [0.15, 0.2) is 6.61 Å². The van der Waals surface area contributed by atoms with Crippen molar-refractivity contribution in [2.75, 3.05) is 18.1 Å². The van der Waals surface area contributed by atoms with Gasteiger partial charge in [-0.2, -0.15) is 13.2 Å². The maximum atomic E-state index is 13.1. The lowest BCUT2D eigenvalue weighted by atomic mass is 10.1. The van der Waals surface area contributed by atoms with Gasteiger partial charge in [-0.3, -0.25) is 4.79 Å². The van der Waals surface area contributed by atoms with Crippen LogP contribution in [0.4, 0.5) is 18.9 Å². The molecular weight excluding hydrogens is 375 g/mol. The molecule has 2 aromatic carbocycles. The monoisotopic (exact) mass is 389 g/mol. The molecule has 8 heteroatoms. The quantitative estimate of drug-likeness (QED) is 0.640. The van der Waals surface area contributed by atoms with E-state index in [1.54, 1.807) is 4.90 Å². The SMILES string of the molecule is O=C(COc1ccc2c(C(F)(F)F)cc(=O)oc2c1)N1CCc2ccccc21. The highest BCUT2D eigenvalue weighted by molar-refractivity contribution is 5.96. The van der Waals surface area contributed by atoms with Crippen molar-refractivity contribution in [2.45, 2.75) is 12.6 Å². The van der Waals surface area contributed by atoms with E-state index in [1.165, 1.54) is 12.1 Å². The number of carbonyl (C=O) groups is 1. The molecule has 2 heterocycles. The molecule has 3 aromatic rings. The van der Waals surface area contributed by atoms with Crippen molar-refractivity contribution >= 4 is 22.6 Å². The summed E-state index contributed by atoms with van der Waals surface area (Å²) in [6.45, 7) is 0.256. The average Bonchev–Trinajstić information content (AvgIpc) is 3.08. The van der Waals surface area contributed by atoms with Crippen molar-refractivity contribution in [2.24, 2.45) is 0 Å². The maximum absolute atomic E-state index is 13.1. The molecule has 0 aliphatic carbocycles. The van der Waals surface area contributed by atoms with Crippen LogP contribution in [0, 0.1) is 0 Å². The molecule has 0 unspecified atom stereocenters. The summed E-state index contributed by atoms with van der Waals surface area (Å²) < 4.78 is 49.5. The first-order chi connectivity index (χ1) is 13.3. The van der Waals surface area contributed by atoms with Crippen molar-refractivity contribution in [1.82, 2.24) is 0 Å². The Bertz CT molecular complexity index is 1120. The zero-order valence-electron chi connectivity index (χ0n) is 14.5. The van der Waals surface area contributed by atoms with Crippen LogP contribution in [0.1, 0.15) is 11.1 Å². The molecule has 0 saturated carbocycles. The van der Waals surface area contributed by atoms with Gasteiger partial charge in [0.05, 0.1) is 5.56 Å². The Balaban J connectivity index is 1.55. The van der Waals surface area contributed by atoms with Crippen molar-refractivity contribution in [3.8, 4) is 5.75 Å². The second-order valence-electron chi connectivity index (χ2n) is 6.35. The minimum Gasteiger partial charge on any atom is -0.484 e. The molecule has 0 fully saturated rings. The molecule has 0 N–H and O–H groups in total. The average molecular weight is 389 g/mol. The van der Waals surface area contributed by atoms with E-state index in [0.717, 1.165) is 23.7 Å². The molecule has 4 rings (SSSR count). The zero-order chi connectivity index (χ0) is 19.9. The van der Waals surface area contributed by atoms with E-state index >= 15 is 0 Å². The van der Waals surface area contributed by atoms with Gasteiger partial charge in [0.2, 0.25) is 0 Å². The van der Waals surface area contributed by atoms with E-state index in [9.17, 15) is 22.8 Å². The number of hydrogen-bond acceptors (Lipinski definition) is 4. The lowest BCUT2D eigenvalue weighted by Gasteiger charge is -2.17. The van der Waals surface area contributed by atoms with Crippen LogP contribution in [0.5, 0.6) is 5.75 Å². The van der Waals surface area contributed by atoms with Crippen molar-refractivity contribution in [3.63, 3.8) is 0 Å². The number of amides is 1. The number of alkyl halides is 3. The lowest BCUT2D eigenvalue weighted by Crippen LogP contribution is -2.33.